The van der Waals surface area contributed by atoms with Gasteiger partial charge in [-0.25, -0.2) is 9.97 Å². The Hall–Kier alpha value is -1.33. The lowest BCUT2D eigenvalue weighted by atomic mass is 10.3. The van der Waals surface area contributed by atoms with Crippen molar-refractivity contribution in [1.82, 2.24) is 19.4 Å². The first kappa shape index (κ1) is 12.7. The molecular formula is C13H18ClN5. The van der Waals surface area contributed by atoms with Gasteiger partial charge in [0.15, 0.2) is 5.65 Å². The molecule has 2 aromatic heterocycles. The van der Waals surface area contributed by atoms with Crippen molar-refractivity contribution in [3.8, 4) is 0 Å². The summed E-state index contributed by atoms with van der Waals surface area (Å²) in [5.74, 6) is 0.520. The smallest absolute Gasteiger partial charge is 0.202 e. The molecule has 5 nitrogen and oxygen atoms in total. The lowest BCUT2D eigenvalue weighted by Gasteiger charge is -2.14. The molecule has 102 valence electrons. The maximum atomic E-state index is 5.95. The number of hydrogen-bond acceptors (Lipinski definition) is 4. The van der Waals surface area contributed by atoms with Gasteiger partial charge in [0.1, 0.15) is 5.52 Å². The van der Waals surface area contributed by atoms with Gasteiger partial charge in [0.25, 0.3) is 0 Å². The SMILES string of the molecule is Nc1nc2cc(Cl)cnc2n1CCCN1CCCC1. The molecule has 2 N–H and O–H groups in total. The lowest BCUT2D eigenvalue weighted by molar-refractivity contribution is 0.326. The molecule has 3 rings (SSSR count). The summed E-state index contributed by atoms with van der Waals surface area (Å²) in [7, 11) is 0. The quantitative estimate of drug-likeness (QED) is 0.932. The Morgan fingerprint density at radius 2 is 2.05 bits per heavy atom. The third kappa shape index (κ3) is 2.67. The van der Waals surface area contributed by atoms with Crippen molar-refractivity contribution in [2.45, 2.75) is 25.8 Å². The van der Waals surface area contributed by atoms with Crippen LogP contribution in [0.5, 0.6) is 0 Å². The second-order valence-corrected chi connectivity index (χ2v) is 5.46. The van der Waals surface area contributed by atoms with Gasteiger partial charge in [-0.2, -0.15) is 0 Å². The number of hydrogen-bond donors (Lipinski definition) is 1. The number of aromatic nitrogens is 3. The van der Waals surface area contributed by atoms with Crippen LogP contribution in [0.15, 0.2) is 12.3 Å². The molecule has 0 aromatic carbocycles. The summed E-state index contributed by atoms with van der Waals surface area (Å²) in [5.41, 5.74) is 7.54. The summed E-state index contributed by atoms with van der Waals surface area (Å²) in [6.07, 6.45) is 5.37. The third-order valence-electron chi connectivity index (χ3n) is 3.64. The average molecular weight is 280 g/mol. The van der Waals surface area contributed by atoms with Crippen LogP contribution in [0.2, 0.25) is 5.02 Å². The number of nitrogen functional groups attached to an aromatic ring is 1. The van der Waals surface area contributed by atoms with Gasteiger partial charge in [-0.15, -0.1) is 0 Å². The molecule has 1 aliphatic rings. The van der Waals surface area contributed by atoms with Crippen LogP contribution >= 0.6 is 11.6 Å². The van der Waals surface area contributed by atoms with Gasteiger partial charge < -0.3 is 10.6 Å². The standard InChI is InChI=1S/C13H18ClN5/c14-10-8-11-12(16-9-10)19(13(15)17-11)7-3-6-18-4-1-2-5-18/h8-9H,1-7H2,(H2,15,17). The van der Waals surface area contributed by atoms with Gasteiger partial charge in [-0.1, -0.05) is 11.6 Å². The molecule has 0 bridgehead atoms. The highest BCUT2D eigenvalue weighted by Crippen LogP contribution is 2.19. The van der Waals surface area contributed by atoms with Gasteiger partial charge >= 0.3 is 0 Å². The highest BCUT2D eigenvalue weighted by Gasteiger charge is 2.13. The zero-order valence-electron chi connectivity index (χ0n) is 10.8. The number of imidazole rings is 1. The highest BCUT2D eigenvalue weighted by molar-refractivity contribution is 6.31. The Morgan fingerprint density at radius 3 is 2.84 bits per heavy atom. The summed E-state index contributed by atoms with van der Waals surface area (Å²) in [5, 5.41) is 0.592. The van der Waals surface area contributed by atoms with Crippen molar-refractivity contribution in [3.05, 3.63) is 17.3 Å². The Balaban J connectivity index is 1.71. The van der Waals surface area contributed by atoms with E-state index in [4.69, 9.17) is 17.3 Å². The minimum absolute atomic E-state index is 0.520. The van der Waals surface area contributed by atoms with E-state index >= 15 is 0 Å². The van der Waals surface area contributed by atoms with E-state index in [0.29, 0.717) is 11.0 Å². The van der Waals surface area contributed by atoms with Gasteiger partial charge in [-0.3, -0.25) is 4.57 Å². The fraction of sp³-hybridized carbons (Fsp3) is 0.538. The number of pyridine rings is 1. The zero-order valence-corrected chi connectivity index (χ0v) is 11.6. The molecule has 19 heavy (non-hydrogen) atoms. The maximum absolute atomic E-state index is 5.95. The minimum atomic E-state index is 0.520. The largest absolute Gasteiger partial charge is 0.369 e. The third-order valence-corrected chi connectivity index (χ3v) is 3.84. The summed E-state index contributed by atoms with van der Waals surface area (Å²) in [4.78, 5) is 11.1. The summed E-state index contributed by atoms with van der Waals surface area (Å²) >= 11 is 5.91. The zero-order chi connectivity index (χ0) is 13.2. The average Bonchev–Trinajstić information content (AvgIpc) is 2.98. The molecule has 0 amide bonds. The number of aryl methyl sites for hydroxylation is 1. The molecule has 1 fully saturated rings. The molecule has 6 heteroatoms. The number of halogens is 1. The van der Waals surface area contributed by atoms with Crippen molar-refractivity contribution >= 4 is 28.7 Å². The first-order valence-electron chi connectivity index (χ1n) is 6.73. The van der Waals surface area contributed by atoms with Crippen LogP contribution in [0.3, 0.4) is 0 Å². The first-order valence-corrected chi connectivity index (χ1v) is 7.11. The van der Waals surface area contributed by atoms with Crippen molar-refractivity contribution in [2.75, 3.05) is 25.4 Å². The molecule has 0 atom stereocenters. The Morgan fingerprint density at radius 1 is 1.26 bits per heavy atom. The van der Waals surface area contributed by atoms with Gasteiger partial charge in [0, 0.05) is 12.7 Å². The van der Waals surface area contributed by atoms with Gasteiger partial charge in [-0.05, 0) is 45.0 Å². The maximum Gasteiger partial charge on any atom is 0.202 e. The second-order valence-electron chi connectivity index (χ2n) is 5.02. The molecule has 2 aromatic rings. The van der Waals surface area contributed by atoms with E-state index in [2.05, 4.69) is 14.9 Å². The van der Waals surface area contributed by atoms with E-state index in [9.17, 15) is 0 Å². The summed E-state index contributed by atoms with van der Waals surface area (Å²) in [6, 6.07) is 1.80. The topological polar surface area (TPSA) is 60.0 Å². The summed E-state index contributed by atoms with van der Waals surface area (Å²) in [6.45, 7) is 4.43. The molecule has 0 spiro atoms. The minimum Gasteiger partial charge on any atom is -0.369 e. The van der Waals surface area contributed by atoms with Crippen molar-refractivity contribution in [3.63, 3.8) is 0 Å². The van der Waals surface area contributed by atoms with Gasteiger partial charge in [0.2, 0.25) is 5.95 Å². The Labute approximate surface area is 117 Å². The van der Waals surface area contributed by atoms with Crippen LogP contribution in [-0.2, 0) is 6.54 Å². The fourth-order valence-electron chi connectivity index (χ4n) is 2.68. The summed E-state index contributed by atoms with van der Waals surface area (Å²) < 4.78 is 1.97. The molecule has 0 saturated carbocycles. The van der Waals surface area contributed by atoms with Gasteiger partial charge in [0.05, 0.1) is 5.02 Å². The number of nitrogens with two attached hydrogens (primary N) is 1. The van der Waals surface area contributed by atoms with Crippen molar-refractivity contribution in [2.24, 2.45) is 0 Å². The van der Waals surface area contributed by atoms with Crippen molar-refractivity contribution < 1.29 is 0 Å². The number of likely N-dealkylation sites (tertiary alicyclic amines) is 1. The van der Waals surface area contributed by atoms with Crippen LogP contribution in [0, 0.1) is 0 Å². The van der Waals surface area contributed by atoms with Crippen LogP contribution in [0.1, 0.15) is 19.3 Å². The predicted octanol–water partition coefficient (Wildman–Crippen LogP) is 2.15. The first-order chi connectivity index (χ1) is 9.24. The molecule has 0 aliphatic carbocycles. The monoisotopic (exact) mass is 279 g/mol. The molecule has 1 saturated heterocycles. The van der Waals surface area contributed by atoms with E-state index in [1.165, 1.54) is 25.9 Å². The van der Waals surface area contributed by atoms with E-state index in [-0.39, 0.29) is 0 Å². The lowest BCUT2D eigenvalue weighted by Crippen LogP contribution is -2.21. The van der Waals surface area contributed by atoms with Crippen LogP contribution in [0.25, 0.3) is 11.2 Å². The van der Waals surface area contributed by atoms with Crippen LogP contribution in [-0.4, -0.2) is 39.1 Å². The number of anilines is 1. The normalized spacial score (nSPS) is 16.5. The predicted molar refractivity (Wildman–Crippen MR) is 77.2 cm³/mol. The fourth-order valence-corrected chi connectivity index (χ4v) is 2.84. The Kier molecular flexibility index (Phi) is 3.57. The molecule has 1 aliphatic heterocycles. The van der Waals surface area contributed by atoms with E-state index in [0.717, 1.165) is 30.7 Å². The highest BCUT2D eigenvalue weighted by atomic mass is 35.5. The second kappa shape index (κ2) is 5.35. The Bertz CT molecular complexity index is 574. The number of nitrogens with zero attached hydrogens (tertiary/aromatic N) is 4. The van der Waals surface area contributed by atoms with Crippen LogP contribution < -0.4 is 5.73 Å². The molecule has 0 unspecified atom stereocenters. The molecular weight excluding hydrogens is 262 g/mol. The molecule has 3 heterocycles. The van der Waals surface area contributed by atoms with E-state index in [1.54, 1.807) is 12.3 Å². The van der Waals surface area contributed by atoms with Crippen LogP contribution in [0.4, 0.5) is 5.95 Å². The van der Waals surface area contributed by atoms with E-state index in [1.807, 2.05) is 4.57 Å². The number of rotatable bonds is 4. The number of fused-ring (bicyclic) bond motifs is 1. The van der Waals surface area contributed by atoms with Crippen molar-refractivity contribution in [1.29, 1.82) is 0 Å². The van der Waals surface area contributed by atoms with E-state index < -0.39 is 0 Å². The molecule has 0 radical (unpaired) electrons.